The van der Waals surface area contributed by atoms with Gasteiger partial charge in [0, 0.05) is 12.6 Å². The normalized spacial score (nSPS) is 22.6. The number of ether oxygens (including phenoxy) is 2. The zero-order valence-electron chi connectivity index (χ0n) is 17.3. The summed E-state index contributed by atoms with van der Waals surface area (Å²) in [7, 11) is 3.39. The first-order valence-corrected chi connectivity index (χ1v) is 10.1. The van der Waals surface area contributed by atoms with E-state index in [4.69, 9.17) is 9.47 Å². The fraction of sp³-hybridized carbons (Fsp3) is 0.571. The van der Waals surface area contributed by atoms with Crippen molar-refractivity contribution in [2.45, 2.75) is 38.6 Å². The van der Waals surface area contributed by atoms with Crippen molar-refractivity contribution in [1.29, 1.82) is 0 Å². The highest BCUT2D eigenvalue weighted by Gasteiger charge is 2.49. The zero-order chi connectivity index (χ0) is 21.0. The molecule has 29 heavy (non-hydrogen) atoms. The number of rotatable bonds is 8. The van der Waals surface area contributed by atoms with Gasteiger partial charge < -0.3 is 9.47 Å². The van der Waals surface area contributed by atoms with E-state index in [1.165, 1.54) is 4.90 Å². The largest absolute Gasteiger partial charge is 0.497 e. The molecule has 2 atom stereocenters. The van der Waals surface area contributed by atoms with Gasteiger partial charge in [-0.05, 0) is 50.1 Å². The Morgan fingerprint density at radius 1 is 1.03 bits per heavy atom. The molecule has 8 nitrogen and oxygen atoms in total. The first-order valence-electron chi connectivity index (χ1n) is 10.1. The Morgan fingerprint density at radius 3 is 2.34 bits per heavy atom. The number of nitrogens with zero attached hydrogens (tertiary/aromatic N) is 3. The molecule has 3 rings (SSSR count). The lowest BCUT2D eigenvalue weighted by molar-refractivity contribution is -0.145. The van der Waals surface area contributed by atoms with E-state index < -0.39 is 17.8 Å². The zero-order valence-corrected chi connectivity index (χ0v) is 17.3. The van der Waals surface area contributed by atoms with Crippen LogP contribution in [0.15, 0.2) is 24.3 Å². The number of methoxy groups -OCH3 is 1. The molecule has 158 valence electrons. The average molecular weight is 403 g/mol. The van der Waals surface area contributed by atoms with Crippen LogP contribution in [0.25, 0.3) is 0 Å². The molecular formula is C21H29N3O5. The molecule has 8 heteroatoms. The molecule has 2 aliphatic rings. The third-order valence-corrected chi connectivity index (χ3v) is 5.67. The lowest BCUT2D eigenvalue weighted by Crippen LogP contribution is -2.47. The minimum atomic E-state index is -0.740. The number of amides is 4. The van der Waals surface area contributed by atoms with Gasteiger partial charge in [0.2, 0.25) is 0 Å². The fourth-order valence-corrected chi connectivity index (χ4v) is 3.92. The third kappa shape index (κ3) is 4.70. The van der Waals surface area contributed by atoms with Crippen molar-refractivity contribution < 1.29 is 23.9 Å². The second-order valence-corrected chi connectivity index (χ2v) is 7.77. The van der Waals surface area contributed by atoms with Crippen LogP contribution >= 0.6 is 0 Å². The summed E-state index contributed by atoms with van der Waals surface area (Å²) in [4.78, 5) is 41.7. The van der Waals surface area contributed by atoms with Crippen LogP contribution in [-0.4, -0.2) is 72.6 Å². The molecule has 2 fully saturated rings. The second kappa shape index (κ2) is 9.26. The van der Waals surface area contributed by atoms with Crippen molar-refractivity contribution in [3.63, 3.8) is 0 Å². The van der Waals surface area contributed by atoms with Crippen molar-refractivity contribution in [1.82, 2.24) is 14.7 Å². The second-order valence-electron chi connectivity index (χ2n) is 7.77. The summed E-state index contributed by atoms with van der Waals surface area (Å²) in [6.07, 6.45) is 3.81. The lowest BCUT2D eigenvalue weighted by atomic mass is 9.85. The summed E-state index contributed by atoms with van der Waals surface area (Å²) in [5, 5.41) is 0. The van der Waals surface area contributed by atoms with Crippen LogP contribution in [0.2, 0.25) is 0 Å². The average Bonchev–Trinajstić information content (AvgIpc) is 2.92. The van der Waals surface area contributed by atoms with Crippen LogP contribution in [-0.2, 0) is 9.59 Å². The van der Waals surface area contributed by atoms with Gasteiger partial charge in [0.15, 0.2) is 0 Å². The number of hydrogen-bond acceptors (Lipinski definition) is 6. The minimum absolute atomic E-state index is 0.0625. The van der Waals surface area contributed by atoms with Crippen molar-refractivity contribution in [2.75, 3.05) is 34.0 Å². The molecule has 0 aromatic heterocycles. The van der Waals surface area contributed by atoms with Gasteiger partial charge in [0.25, 0.3) is 0 Å². The van der Waals surface area contributed by atoms with E-state index in [9.17, 15) is 14.4 Å². The van der Waals surface area contributed by atoms with Gasteiger partial charge in [0.1, 0.15) is 18.1 Å². The summed E-state index contributed by atoms with van der Waals surface area (Å²) in [6.45, 7) is 2.99. The number of hydrogen-bond donors (Lipinski definition) is 0. The molecule has 1 saturated heterocycles. The fourth-order valence-electron chi connectivity index (χ4n) is 3.92. The highest BCUT2D eigenvalue weighted by molar-refractivity contribution is 6.44. The Bertz CT molecular complexity index is 751. The molecule has 0 spiro atoms. The smallest absolute Gasteiger partial charge is 0.335 e. The van der Waals surface area contributed by atoms with Gasteiger partial charge in [0.05, 0.1) is 13.8 Å². The summed E-state index contributed by atoms with van der Waals surface area (Å²) in [5.74, 6) is 0.245. The van der Waals surface area contributed by atoms with E-state index in [2.05, 4.69) is 0 Å². The van der Waals surface area contributed by atoms with Gasteiger partial charge in [-0.3, -0.25) is 19.4 Å². The molecule has 1 aliphatic heterocycles. The maximum atomic E-state index is 12.8. The summed E-state index contributed by atoms with van der Waals surface area (Å²) in [6, 6.07) is 6.57. The molecule has 2 unspecified atom stereocenters. The molecule has 1 aromatic rings. The van der Waals surface area contributed by atoms with Gasteiger partial charge >= 0.3 is 17.8 Å². The molecule has 4 amide bonds. The first kappa shape index (κ1) is 21.1. The first-order chi connectivity index (χ1) is 13.9. The Labute approximate surface area is 171 Å². The molecule has 0 N–H and O–H groups in total. The Hall–Kier alpha value is -2.61. The molecule has 0 bridgehead atoms. The number of carbonyl (C=O) groups is 3. The van der Waals surface area contributed by atoms with E-state index in [0.29, 0.717) is 18.9 Å². The van der Waals surface area contributed by atoms with Crippen LogP contribution in [0.5, 0.6) is 11.5 Å². The van der Waals surface area contributed by atoms with Crippen LogP contribution in [0, 0.1) is 5.92 Å². The third-order valence-electron chi connectivity index (χ3n) is 5.67. The highest BCUT2D eigenvalue weighted by Crippen LogP contribution is 2.31. The summed E-state index contributed by atoms with van der Waals surface area (Å²) in [5.41, 5.74) is 0. The standard InChI is InChI=1S/C21H29N3O5/c1-15-6-4-5-7-18(15)24-20(26)19(25)23(21(24)27)14-22(2)12-13-29-17-10-8-16(28-3)9-11-17/h8-11,15,18H,4-7,12-14H2,1-3H3. The van der Waals surface area contributed by atoms with Crippen LogP contribution in [0.4, 0.5) is 4.79 Å². The summed E-state index contributed by atoms with van der Waals surface area (Å²) >= 11 is 0. The predicted molar refractivity (Wildman–Crippen MR) is 106 cm³/mol. The van der Waals surface area contributed by atoms with Crippen LogP contribution < -0.4 is 9.47 Å². The molecule has 1 aliphatic carbocycles. The van der Waals surface area contributed by atoms with Gasteiger partial charge in [-0.2, -0.15) is 0 Å². The summed E-state index contributed by atoms with van der Waals surface area (Å²) < 4.78 is 10.8. The molecule has 0 radical (unpaired) electrons. The lowest BCUT2D eigenvalue weighted by Gasteiger charge is -2.34. The number of urea groups is 1. The Balaban J connectivity index is 1.52. The van der Waals surface area contributed by atoms with E-state index in [-0.39, 0.29) is 18.6 Å². The van der Waals surface area contributed by atoms with Gasteiger partial charge in [-0.15, -0.1) is 0 Å². The van der Waals surface area contributed by atoms with Crippen molar-refractivity contribution in [3.8, 4) is 11.5 Å². The maximum Gasteiger partial charge on any atom is 0.335 e. The molecule has 1 aromatic carbocycles. The SMILES string of the molecule is COc1ccc(OCCN(C)CN2C(=O)C(=O)N(C3CCCCC3C)C2=O)cc1. The molecule has 1 heterocycles. The Kier molecular flexibility index (Phi) is 6.74. The van der Waals surface area contributed by atoms with Gasteiger partial charge in [-0.1, -0.05) is 19.8 Å². The monoisotopic (exact) mass is 403 g/mol. The molecule has 1 saturated carbocycles. The topological polar surface area (TPSA) is 79.4 Å². The number of benzene rings is 1. The quantitative estimate of drug-likeness (QED) is 0.490. The van der Waals surface area contributed by atoms with Crippen LogP contribution in [0.1, 0.15) is 32.6 Å². The number of imide groups is 2. The number of carbonyl (C=O) groups excluding carboxylic acids is 3. The molecular weight excluding hydrogens is 374 g/mol. The maximum absolute atomic E-state index is 12.8. The van der Waals surface area contributed by atoms with E-state index >= 15 is 0 Å². The minimum Gasteiger partial charge on any atom is -0.497 e. The van der Waals surface area contributed by atoms with E-state index in [1.807, 2.05) is 31.2 Å². The Morgan fingerprint density at radius 2 is 1.69 bits per heavy atom. The van der Waals surface area contributed by atoms with Gasteiger partial charge in [-0.25, -0.2) is 9.69 Å². The van der Waals surface area contributed by atoms with E-state index in [1.54, 1.807) is 19.1 Å². The van der Waals surface area contributed by atoms with E-state index in [0.717, 1.165) is 36.3 Å². The predicted octanol–water partition coefficient (Wildman–Crippen LogP) is 2.33. The highest BCUT2D eigenvalue weighted by atomic mass is 16.5. The number of likely N-dealkylation sites (N-methyl/N-ethyl adjacent to an activating group) is 1. The van der Waals surface area contributed by atoms with Crippen LogP contribution in [0.3, 0.4) is 0 Å². The van der Waals surface area contributed by atoms with Crippen molar-refractivity contribution in [2.24, 2.45) is 5.92 Å². The van der Waals surface area contributed by atoms with Crippen molar-refractivity contribution >= 4 is 17.8 Å². The van der Waals surface area contributed by atoms with Crippen molar-refractivity contribution in [3.05, 3.63) is 24.3 Å².